The first kappa shape index (κ1) is 14.4. The van der Waals surface area contributed by atoms with Crippen LogP contribution < -0.4 is 10.1 Å². The molecule has 0 bridgehead atoms. The second-order valence-electron chi connectivity index (χ2n) is 5.42. The third-order valence-electron chi connectivity index (χ3n) is 4.09. The van der Waals surface area contributed by atoms with E-state index in [1.165, 1.54) is 30.4 Å². The number of hydrogen-bond acceptors (Lipinski definition) is 2. The first-order valence-electron chi connectivity index (χ1n) is 7.81. The van der Waals surface area contributed by atoms with E-state index in [1.807, 2.05) is 0 Å². The molecule has 2 nitrogen and oxygen atoms in total. The van der Waals surface area contributed by atoms with Crippen LogP contribution in [0.2, 0.25) is 0 Å². The van der Waals surface area contributed by atoms with Gasteiger partial charge in [0.05, 0.1) is 6.10 Å². The fraction of sp³-hybridized carbons (Fsp3) is 0.647. The molecule has 0 aliphatic heterocycles. The lowest BCUT2D eigenvalue weighted by Crippen LogP contribution is -2.25. The van der Waals surface area contributed by atoms with Gasteiger partial charge in [0.25, 0.3) is 0 Å². The Morgan fingerprint density at radius 3 is 2.74 bits per heavy atom. The fourth-order valence-corrected chi connectivity index (χ4v) is 2.97. The smallest absolute Gasteiger partial charge is 0.120 e. The monoisotopic (exact) mass is 261 g/mol. The topological polar surface area (TPSA) is 21.3 Å². The highest BCUT2D eigenvalue weighted by atomic mass is 16.5. The van der Waals surface area contributed by atoms with Crippen molar-refractivity contribution in [1.82, 2.24) is 5.32 Å². The molecule has 2 rings (SSSR count). The van der Waals surface area contributed by atoms with Gasteiger partial charge in [0.2, 0.25) is 0 Å². The van der Waals surface area contributed by atoms with Crippen LogP contribution in [0.25, 0.3) is 0 Å². The Balaban J connectivity index is 2.14. The lowest BCUT2D eigenvalue weighted by atomic mass is 9.87. The van der Waals surface area contributed by atoms with Gasteiger partial charge in [-0.25, -0.2) is 0 Å². The van der Waals surface area contributed by atoms with Crippen molar-refractivity contribution in [2.45, 2.75) is 65.0 Å². The van der Waals surface area contributed by atoms with Crippen LogP contribution in [0.1, 0.15) is 63.6 Å². The molecule has 0 saturated heterocycles. The molecule has 19 heavy (non-hydrogen) atoms. The number of aryl methyl sites for hydroxylation is 1. The lowest BCUT2D eigenvalue weighted by Gasteiger charge is -2.27. The summed E-state index contributed by atoms with van der Waals surface area (Å²) in [5.41, 5.74) is 2.95. The van der Waals surface area contributed by atoms with Crippen LogP contribution in [0.15, 0.2) is 18.2 Å². The van der Waals surface area contributed by atoms with Gasteiger partial charge in [-0.05, 0) is 61.9 Å². The molecule has 0 heterocycles. The van der Waals surface area contributed by atoms with Crippen molar-refractivity contribution in [1.29, 1.82) is 0 Å². The highest BCUT2D eigenvalue weighted by molar-refractivity contribution is 5.39. The van der Waals surface area contributed by atoms with Gasteiger partial charge in [0.1, 0.15) is 5.75 Å². The maximum Gasteiger partial charge on any atom is 0.120 e. The summed E-state index contributed by atoms with van der Waals surface area (Å²) >= 11 is 0. The molecule has 0 amide bonds. The van der Waals surface area contributed by atoms with Crippen molar-refractivity contribution < 1.29 is 4.74 Å². The van der Waals surface area contributed by atoms with E-state index in [4.69, 9.17) is 4.74 Å². The summed E-state index contributed by atoms with van der Waals surface area (Å²) in [6.45, 7) is 7.59. The van der Waals surface area contributed by atoms with Crippen molar-refractivity contribution in [3.8, 4) is 5.75 Å². The zero-order chi connectivity index (χ0) is 13.7. The number of fused-ring (bicyclic) bond motifs is 1. The molecule has 2 heteroatoms. The number of ether oxygens (including phenoxy) is 1. The molecule has 0 aromatic heterocycles. The van der Waals surface area contributed by atoms with Crippen LogP contribution in [0.5, 0.6) is 5.75 Å². The summed E-state index contributed by atoms with van der Waals surface area (Å²) < 4.78 is 6.05. The summed E-state index contributed by atoms with van der Waals surface area (Å²) in [6.07, 6.45) is 6.23. The fourth-order valence-electron chi connectivity index (χ4n) is 2.97. The van der Waals surface area contributed by atoms with E-state index >= 15 is 0 Å². The second kappa shape index (κ2) is 6.95. The molecular weight excluding hydrogens is 234 g/mol. The van der Waals surface area contributed by atoms with Crippen LogP contribution in [0.4, 0.5) is 0 Å². The van der Waals surface area contributed by atoms with E-state index < -0.39 is 0 Å². The molecule has 0 radical (unpaired) electrons. The van der Waals surface area contributed by atoms with Gasteiger partial charge in [0, 0.05) is 6.04 Å². The summed E-state index contributed by atoms with van der Waals surface area (Å²) in [5.74, 6) is 1.05. The lowest BCUT2D eigenvalue weighted by molar-refractivity contribution is 0.192. The summed E-state index contributed by atoms with van der Waals surface area (Å²) in [6, 6.07) is 7.21. The number of rotatable bonds is 6. The van der Waals surface area contributed by atoms with Crippen molar-refractivity contribution in [3.05, 3.63) is 29.3 Å². The molecule has 106 valence electrons. The SMILES string of the molecule is CCNC1CCCc2cc(OC(CC)CC)ccc21. The third kappa shape index (κ3) is 3.50. The molecule has 1 aliphatic carbocycles. The molecular formula is C17H27NO. The van der Waals surface area contributed by atoms with E-state index in [-0.39, 0.29) is 0 Å². The van der Waals surface area contributed by atoms with Gasteiger partial charge in [0.15, 0.2) is 0 Å². The first-order chi connectivity index (χ1) is 9.28. The Morgan fingerprint density at radius 1 is 1.26 bits per heavy atom. The van der Waals surface area contributed by atoms with Gasteiger partial charge in [-0.3, -0.25) is 0 Å². The van der Waals surface area contributed by atoms with Crippen molar-refractivity contribution in [2.75, 3.05) is 6.54 Å². The van der Waals surface area contributed by atoms with Gasteiger partial charge in [-0.15, -0.1) is 0 Å². The van der Waals surface area contributed by atoms with Crippen LogP contribution in [-0.2, 0) is 6.42 Å². The van der Waals surface area contributed by atoms with Crippen molar-refractivity contribution >= 4 is 0 Å². The average molecular weight is 261 g/mol. The molecule has 1 atom stereocenters. The number of hydrogen-bond donors (Lipinski definition) is 1. The summed E-state index contributed by atoms with van der Waals surface area (Å²) in [7, 11) is 0. The van der Waals surface area contributed by atoms with Crippen LogP contribution in [-0.4, -0.2) is 12.6 Å². The molecule has 0 spiro atoms. The van der Waals surface area contributed by atoms with E-state index in [9.17, 15) is 0 Å². The van der Waals surface area contributed by atoms with E-state index in [0.29, 0.717) is 12.1 Å². The van der Waals surface area contributed by atoms with E-state index in [0.717, 1.165) is 25.1 Å². The number of benzene rings is 1. The number of nitrogens with one attached hydrogen (secondary N) is 1. The van der Waals surface area contributed by atoms with Gasteiger partial charge < -0.3 is 10.1 Å². The van der Waals surface area contributed by atoms with Gasteiger partial charge in [-0.1, -0.05) is 26.8 Å². The second-order valence-corrected chi connectivity index (χ2v) is 5.42. The molecule has 1 unspecified atom stereocenters. The maximum atomic E-state index is 6.05. The van der Waals surface area contributed by atoms with Crippen molar-refractivity contribution in [2.24, 2.45) is 0 Å². The summed E-state index contributed by atoms with van der Waals surface area (Å²) in [4.78, 5) is 0. The molecule has 0 saturated carbocycles. The van der Waals surface area contributed by atoms with Crippen LogP contribution in [0, 0.1) is 0 Å². The predicted molar refractivity (Wildman–Crippen MR) is 80.8 cm³/mol. The quantitative estimate of drug-likeness (QED) is 0.827. The minimum atomic E-state index is 0.353. The standard InChI is InChI=1S/C17H27NO/c1-4-14(5-2)19-15-10-11-16-13(12-15)8-7-9-17(16)18-6-3/h10-12,14,17-18H,4-9H2,1-3H3. The first-order valence-corrected chi connectivity index (χ1v) is 7.81. The maximum absolute atomic E-state index is 6.05. The predicted octanol–water partition coefficient (Wildman–Crippen LogP) is 4.24. The van der Waals surface area contributed by atoms with Gasteiger partial charge in [-0.2, -0.15) is 0 Å². The molecule has 1 aromatic rings. The molecule has 1 N–H and O–H groups in total. The highest BCUT2D eigenvalue weighted by Gasteiger charge is 2.20. The van der Waals surface area contributed by atoms with Crippen LogP contribution >= 0.6 is 0 Å². The third-order valence-corrected chi connectivity index (χ3v) is 4.09. The van der Waals surface area contributed by atoms with Crippen LogP contribution in [0.3, 0.4) is 0 Å². The highest BCUT2D eigenvalue weighted by Crippen LogP contribution is 2.32. The van der Waals surface area contributed by atoms with E-state index in [1.54, 1.807) is 0 Å². The summed E-state index contributed by atoms with van der Waals surface area (Å²) in [5, 5.41) is 3.58. The normalized spacial score (nSPS) is 18.4. The Bertz CT molecular complexity index is 398. The minimum Gasteiger partial charge on any atom is -0.490 e. The van der Waals surface area contributed by atoms with E-state index in [2.05, 4.69) is 44.3 Å². The molecule has 1 aromatic carbocycles. The minimum absolute atomic E-state index is 0.353. The Morgan fingerprint density at radius 2 is 2.05 bits per heavy atom. The Hall–Kier alpha value is -1.02. The van der Waals surface area contributed by atoms with Gasteiger partial charge >= 0.3 is 0 Å². The largest absolute Gasteiger partial charge is 0.490 e. The zero-order valence-electron chi connectivity index (χ0n) is 12.5. The van der Waals surface area contributed by atoms with Crippen molar-refractivity contribution in [3.63, 3.8) is 0 Å². The molecule has 0 fully saturated rings. The Kier molecular flexibility index (Phi) is 5.26. The average Bonchev–Trinajstić information content (AvgIpc) is 2.45. The Labute approximate surface area is 117 Å². The zero-order valence-corrected chi connectivity index (χ0v) is 12.5. The molecule has 1 aliphatic rings.